The van der Waals surface area contributed by atoms with Crippen LogP contribution in [-0.4, -0.2) is 41.1 Å². The van der Waals surface area contributed by atoms with E-state index in [9.17, 15) is 4.79 Å². The Balaban J connectivity index is 1.78. The zero-order valence-corrected chi connectivity index (χ0v) is 8.61. The maximum atomic E-state index is 11.2. The highest BCUT2D eigenvalue weighted by Crippen LogP contribution is 2.06. The molecule has 5 heteroatoms. The number of likely N-dealkylation sites (tertiary alicyclic amines) is 1. The standard InChI is InChI=1S/C10H15N3O2/c14-9-10(12-4-3-11-9)15-8-7-13-5-1-2-6-13/h3-4H,1-2,5-8H2,(H,11,14). The summed E-state index contributed by atoms with van der Waals surface area (Å²) in [6, 6.07) is 0. The third-order valence-corrected chi connectivity index (χ3v) is 2.52. The molecule has 0 radical (unpaired) electrons. The lowest BCUT2D eigenvalue weighted by molar-refractivity contribution is 0.229. The van der Waals surface area contributed by atoms with Crippen LogP contribution >= 0.6 is 0 Å². The SMILES string of the molecule is O=c1[nH]ccnc1OCCN1CCCC1. The van der Waals surface area contributed by atoms with Gasteiger partial charge in [-0.3, -0.25) is 9.69 Å². The van der Waals surface area contributed by atoms with Crippen LogP contribution in [-0.2, 0) is 0 Å². The highest BCUT2D eigenvalue weighted by Gasteiger charge is 2.11. The second-order valence-corrected chi connectivity index (χ2v) is 3.62. The molecular weight excluding hydrogens is 194 g/mol. The zero-order chi connectivity index (χ0) is 10.5. The molecular formula is C10H15N3O2. The first-order chi connectivity index (χ1) is 7.36. The van der Waals surface area contributed by atoms with Crippen LogP contribution in [0.3, 0.4) is 0 Å². The van der Waals surface area contributed by atoms with E-state index in [0.717, 1.165) is 19.6 Å². The molecule has 1 aromatic heterocycles. The van der Waals surface area contributed by atoms with Crippen LogP contribution in [0.1, 0.15) is 12.8 Å². The Morgan fingerprint density at radius 3 is 3.00 bits per heavy atom. The minimum absolute atomic E-state index is 0.164. The molecule has 0 aromatic carbocycles. The topological polar surface area (TPSA) is 58.2 Å². The van der Waals surface area contributed by atoms with Crippen molar-refractivity contribution in [2.24, 2.45) is 0 Å². The van der Waals surface area contributed by atoms with Gasteiger partial charge >= 0.3 is 5.56 Å². The smallest absolute Gasteiger partial charge is 0.310 e. The first-order valence-corrected chi connectivity index (χ1v) is 5.25. The van der Waals surface area contributed by atoms with Crippen molar-refractivity contribution in [3.05, 3.63) is 22.7 Å². The quantitative estimate of drug-likeness (QED) is 0.772. The number of hydrogen-bond donors (Lipinski definition) is 1. The van der Waals surface area contributed by atoms with Gasteiger partial charge in [0.2, 0.25) is 0 Å². The maximum Gasteiger partial charge on any atom is 0.310 e. The van der Waals surface area contributed by atoms with E-state index in [1.165, 1.54) is 25.2 Å². The number of nitrogens with zero attached hydrogens (tertiary/aromatic N) is 2. The molecule has 5 nitrogen and oxygen atoms in total. The van der Waals surface area contributed by atoms with Crippen molar-refractivity contribution in [1.82, 2.24) is 14.9 Å². The lowest BCUT2D eigenvalue weighted by atomic mass is 10.4. The third kappa shape index (κ3) is 2.79. The average molecular weight is 209 g/mol. The molecule has 0 amide bonds. The van der Waals surface area contributed by atoms with E-state index in [-0.39, 0.29) is 11.4 Å². The molecule has 0 aliphatic carbocycles. The van der Waals surface area contributed by atoms with Gasteiger partial charge in [0.15, 0.2) is 0 Å². The van der Waals surface area contributed by atoms with Crippen molar-refractivity contribution in [2.45, 2.75) is 12.8 Å². The second kappa shape index (κ2) is 4.93. The Kier molecular flexibility index (Phi) is 3.34. The Hall–Kier alpha value is -1.36. The molecule has 0 bridgehead atoms. The fourth-order valence-electron chi connectivity index (χ4n) is 1.72. The molecule has 1 saturated heterocycles. The van der Waals surface area contributed by atoms with Gasteiger partial charge in [-0.1, -0.05) is 0 Å². The number of ether oxygens (including phenoxy) is 1. The first kappa shape index (κ1) is 10.2. The van der Waals surface area contributed by atoms with Crippen molar-refractivity contribution < 1.29 is 4.74 Å². The van der Waals surface area contributed by atoms with Gasteiger partial charge in [0.25, 0.3) is 5.88 Å². The van der Waals surface area contributed by atoms with E-state index in [2.05, 4.69) is 14.9 Å². The van der Waals surface area contributed by atoms with Gasteiger partial charge in [0.05, 0.1) is 0 Å². The van der Waals surface area contributed by atoms with E-state index in [0.29, 0.717) is 6.61 Å². The number of H-pyrrole nitrogens is 1. The highest BCUT2D eigenvalue weighted by molar-refractivity contribution is 5.01. The Morgan fingerprint density at radius 1 is 1.47 bits per heavy atom. The molecule has 0 atom stereocenters. The summed E-state index contributed by atoms with van der Waals surface area (Å²) in [5.41, 5.74) is -0.265. The molecule has 1 fully saturated rings. The molecule has 1 aliphatic rings. The van der Waals surface area contributed by atoms with Crippen molar-refractivity contribution in [1.29, 1.82) is 0 Å². The fourth-order valence-corrected chi connectivity index (χ4v) is 1.72. The summed E-state index contributed by atoms with van der Waals surface area (Å²) in [7, 11) is 0. The van der Waals surface area contributed by atoms with Crippen LogP contribution in [0.15, 0.2) is 17.2 Å². The van der Waals surface area contributed by atoms with E-state index >= 15 is 0 Å². The van der Waals surface area contributed by atoms with Gasteiger partial charge in [0.1, 0.15) is 6.61 Å². The van der Waals surface area contributed by atoms with Crippen LogP contribution in [0.4, 0.5) is 0 Å². The number of rotatable bonds is 4. The lowest BCUT2D eigenvalue weighted by Gasteiger charge is -2.13. The predicted molar refractivity (Wildman–Crippen MR) is 56.0 cm³/mol. The number of nitrogens with one attached hydrogen (secondary N) is 1. The normalized spacial score (nSPS) is 16.8. The Bertz CT molecular complexity index is 358. The molecule has 0 saturated carbocycles. The van der Waals surface area contributed by atoms with Crippen LogP contribution in [0.25, 0.3) is 0 Å². The van der Waals surface area contributed by atoms with Crippen LogP contribution < -0.4 is 10.3 Å². The van der Waals surface area contributed by atoms with Crippen LogP contribution in [0.5, 0.6) is 5.88 Å². The van der Waals surface area contributed by atoms with Crippen LogP contribution in [0, 0.1) is 0 Å². The van der Waals surface area contributed by atoms with Gasteiger partial charge in [-0.05, 0) is 25.9 Å². The van der Waals surface area contributed by atoms with Crippen molar-refractivity contribution in [3.8, 4) is 5.88 Å². The minimum atomic E-state index is -0.265. The largest absolute Gasteiger partial charge is 0.472 e. The molecule has 2 heterocycles. The summed E-state index contributed by atoms with van der Waals surface area (Å²) in [5, 5.41) is 0. The highest BCUT2D eigenvalue weighted by atomic mass is 16.5. The summed E-state index contributed by atoms with van der Waals surface area (Å²) < 4.78 is 5.30. The Labute approximate surface area is 88.1 Å². The molecule has 1 aromatic rings. The molecule has 1 N–H and O–H groups in total. The molecule has 2 rings (SSSR count). The summed E-state index contributed by atoms with van der Waals surface area (Å²) in [4.78, 5) is 19.9. The molecule has 0 unspecified atom stereocenters. The van der Waals surface area contributed by atoms with E-state index < -0.39 is 0 Å². The monoisotopic (exact) mass is 209 g/mol. The number of aromatic amines is 1. The average Bonchev–Trinajstić information content (AvgIpc) is 2.74. The summed E-state index contributed by atoms with van der Waals surface area (Å²) in [5.74, 6) is 0.164. The molecule has 1 aliphatic heterocycles. The zero-order valence-electron chi connectivity index (χ0n) is 8.61. The molecule has 82 valence electrons. The first-order valence-electron chi connectivity index (χ1n) is 5.25. The Morgan fingerprint density at radius 2 is 2.27 bits per heavy atom. The van der Waals surface area contributed by atoms with Gasteiger partial charge in [-0.2, -0.15) is 0 Å². The van der Waals surface area contributed by atoms with Gasteiger partial charge in [0, 0.05) is 18.9 Å². The van der Waals surface area contributed by atoms with E-state index in [1.54, 1.807) is 0 Å². The molecule has 0 spiro atoms. The lowest BCUT2D eigenvalue weighted by Crippen LogP contribution is -2.26. The molecule has 15 heavy (non-hydrogen) atoms. The van der Waals surface area contributed by atoms with Gasteiger partial charge < -0.3 is 9.72 Å². The summed E-state index contributed by atoms with van der Waals surface area (Å²) >= 11 is 0. The van der Waals surface area contributed by atoms with Crippen molar-refractivity contribution in [2.75, 3.05) is 26.2 Å². The third-order valence-electron chi connectivity index (χ3n) is 2.52. The summed E-state index contributed by atoms with van der Waals surface area (Å²) in [6.07, 6.45) is 5.55. The minimum Gasteiger partial charge on any atom is -0.472 e. The number of aromatic nitrogens is 2. The predicted octanol–water partition coefficient (Wildman–Crippen LogP) is 0.244. The van der Waals surface area contributed by atoms with Gasteiger partial charge in [-0.15, -0.1) is 0 Å². The van der Waals surface area contributed by atoms with Crippen LogP contribution in [0.2, 0.25) is 0 Å². The second-order valence-electron chi connectivity index (χ2n) is 3.62. The number of hydrogen-bond acceptors (Lipinski definition) is 4. The van der Waals surface area contributed by atoms with E-state index in [1.807, 2.05) is 0 Å². The maximum absolute atomic E-state index is 11.2. The van der Waals surface area contributed by atoms with E-state index in [4.69, 9.17) is 4.74 Å². The summed E-state index contributed by atoms with van der Waals surface area (Å²) in [6.45, 7) is 3.68. The fraction of sp³-hybridized carbons (Fsp3) is 0.600. The van der Waals surface area contributed by atoms with Crippen molar-refractivity contribution >= 4 is 0 Å². The van der Waals surface area contributed by atoms with Gasteiger partial charge in [-0.25, -0.2) is 4.98 Å². The van der Waals surface area contributed by atoms with Crippen molar-refractivity contribution in [3.63, 3.8) is 0 Å².